The van der Waals surface area contributed by atoms with Gasteiger partial charge in [0.2, 0.25) is 0 Å². The zero-order chi connectivity index (χ0) is 20.8. The van der Waals surface area contributed by atoms with Gasteiger partial charge in [-0.05, 0) is 50.2 Å². The summed E-state index contributed by atoms with van der Waals surface area (Å²) in [6.07, 6.45) is -0.185. The van der Waals surface area contributed by atoms with E-state index in [1.165, 1.54) is 6.07 Å². The molecule has 1 amide bonds. The topological polar surface area (TPSA) is 59.1 Å². The number of nitrogens with zero attached hydrogens (tertiary/aromatic N) is 2. The molecule has 0 N–H and O–H groups in total. The predicted molar refractivity (Wildman–Crippen MR) is 108 cm³/mol. The van der Waals surface area contributed by atoms with Gasteiger partial charge >= 0.3 is 5.97 Å². The first kappa shape index (κ1) is 20.6. The van der Waals surface area contributed by atoms with Crippen molar-refractivity contribution < 1.29 is 23.5 Å². The van der Waals surface area contributed by atoms with E-state index in [9.17, 15) is 14.0 Å². The van der Waals surface area contributed by atoms with Crippen LogP contribution in [0.4, 0.5) is 10.1 Å². The number of esters is 1. The van der Waals surface area contributed by atoms with Crippen LogP contribution in [0.1, 0.15) is 24.2 Å². The molecular formula is C22H25FN2O4. The van der Waals surface area contributed by atoms with Crippen molar-refractivity contribution in [3.8, 4) is 5.75 Å². The minimum atomic E-state index is -0.393. The molecule has 0 saturated carbocycles. The fraction of sp³-hybridized carbons (Fsp3) is 0.364. The molecule has 29 heavy (non-hydrogen) atoms. The van der Waals surface area contributed by atoms with Gasteiger partial charge in [0.25, 0.3) is 5.91 Å². The number of hydrogen-bond donors (Lipinski definition) is 0. The zero-order valence-corrected chi connectivity index (χ0v) is 16.6. The Bertz CT molecular complexity index is 846. The van der Waals surface area contributed by atoms with Gasteiger partial charge in [-0.3, -0.25) is 4.79 Å². The van der Waals surface area contributed by atoms with Crippen molar-refractivity contribution in [2.75, 3.05) is 37.7 Å². The van der Waals surface area contributed by atoms with Crippen LogP contribution in [-0.2, 0) is 9.53 Å². The Morgan fingerprint density at radius 2 is 1.66 bits per heavy atom. The maximum Gasteiger partial charge on any atom is 0.338 e. The lowest BCUT2D eigenvalue weighted by atomic mass is 10.2. The molecule has 1 saturated heterocycles. The summed E-state index contributed by atoms with van der Waals surface area (Å²) in [5, 5.41) is 0. The lowest BCUT2D eigenvalue weighted by molar-refractivity contribution is -0.133. The Morgan fingerprint density at radius 1 is 1.00 bits per heavy atom. The summed E-state index contributed by atoms with van der Waals surface area (Å²) in [6, 6.07) is 13.1. The van der Waals surface area contributed by atoms with Crippen molar-refractivity contribution in [3.05, 3.63) is 59.9 Å². The standard InChI is InChI=1S/C22H25FN2O4/c1-16(2)29-22(27)17-7-9-18(10-8-17)28-15-21(26)25-13-11-24(12-14-25)20-6-4-3-5-19(20)23/h3-10,16H,11-15H2,1-2H3. The normalized spacial score (nSPS) is 14.1. The smallest absolute Gasteiger partial charge is 0.338 e. The molecule has 0 aromatic heterocycles. The van der Waals surface area contributed by atoms with Crippen LogP contribution in [0.3, 0.4) is 0 Å². The minimum Gasteiger partial charge on any atom is -0.484 e. The molecule has 154 valence electrons. The first-order valence-electron chi connectivity index (χ1n) is 9.65. The Morgan fingerprint density at radius 3 is 2.28 bits per heavy atom. The molecule has 2 aromatic carbocycles. The SMILES string of the molecule is CC(C)OC(=O)c1ccc(OCC(=O)N2CCN(c3ccccc3F)CC2)cc1. The lowest BCUT2D eigenvalue weighted by Gasteiger charge is -2.36. The maximum absolute atomic E-state index is 13.9. The summed E-state index contributed by atoms with van der Waals surface area (Å²) in [4.78, 5) is 27.9. The fourth-order valence-corrected chi connectivity index (χ4v) is 3.11. The monoisotopic (exact) mass is 400 g/mol. The lowest BCUT2D eigenvalue weighted by Crippen LogP contribution is -2.50. The van der Waals surface area contributed by atoms with Crippen LogP contribution in [0, 0.1) is 5.82 Å². The van der Waals surface area contributed by atoms with E-state index in [0.717, 1.165) is 0 Å². The van der Waals surface area contributed by atoms with Crippen molar-refractivity contribution in [2.45, 2.75) is 20.0 Å². The average molecular weight is 400 g/mol. The molecule has 7 heteroatoms. The first-order chi connectivity index (χ1) is 13.9. The number of halogens is 1. The number of ether oxygens (including phenoxy) is 2. The highest BCUT2D eigenvalue weighted by molar-refractivity contribution is 5.89. The van der Waals surface area contributed by atoms with Crippen LogP contribution < -0.4 is 9.64 Å². The zero-order valence-electron chi connectivity index (χ0n) is 16.6. The number of carbonyl (C=O) groups excluding carboxylic acids is 2. The molecule has 0 aliphatic carbocycles. The molecule has 1 fully saturated rings. The molecule has 6 nitrogen and oxygen atoms in total. The number of anilines is 1. The van der Waals surface area contributed by atoms with Gasteiger partial charge in [0.1, 0.15) is 11.6 Å². The summed E-state index contributed by atoms with van der Waals surface area (Å²) in [6.45, 7) is 5.65. The van der Waals surface area contributed by atoms with Gasteiger partial charge in [-0.1, -0.05) is 12.1 Å². The summed E-state index contributed by atoms with van der Waals surface area (Å²) in [7, 11) is 0. The highest BCUT2D eigenvalue weighted by Crippen LogP contribution is 2.20. The molecule has 1 heterocycles. The van der Waals surface area contributed by atoms with Crippen molar-refractivity contribution in [2.24, 2.45) is 0 Å². The van der Waals surface area contributed by atoms with E-state index in [1.54, 1.807) is 61.2 Å². The van der Waals surface area contributed by atoms with Crippen molar-refractivity contribution >= 4 is 17.6 Å². The molecule has 2 aromatic rings. The molecule has 0 unspecified atom stereocenters. The van der Waals surface area contributed by atoms with Gasteiger partial charge in [0.05, 0.1) is 17.4 Å². The van der Waals surface area contributed by atoms with E-state index in [1.807, 2.05) is 4.90 Å². The number of rotatable bonds is 6. The third-order valence-electron chi connectivity index (χ3n) is 4.62. The van der Waals surface area contributed by atoms with Gasteiger partial charge in [0, 0.05) is 26.2 Å². The summed E-state index contributed by atoms with van der Waals surface area (Å²) in [5.74, 6) is -0.266. The van der Waals surface area contributed by atoms with Crippen LogP contribution in [-0.4, -0.2) is 55.7 Å². The quantitative estimate of drug-likeness (QED) is 0.698. The number of amides is 1. The van der Waals surface area contributed by atoms with Crippen LogP contribution in [0.15, 0.2) is 48.5 Å². The molecule has 0 radical (unpaired) electrons. The molecule has 0 bridgehead atoms. The van der Waals surface area contributed by atoms with Crippen LogP contribution in [0.2, 0.25) is 0 Å². The first-order valence-corrected chi connectivity index (χ1v) is 9.65. The maximum atomic E-state index is 13.9. The second-order valence-corrected chi connectivity index (χ2v) is 7.09. The summed E-state index contributed by atoms with van der Waals surface area (Å²) >= 11 is 0. The van der Waals surface area contributed by atoms with Gasteiger partial charge in [-0.25, -0.2) is 9.18 Å². The second kappa shape index (κ2) is 9.41. The Kier molecular flexibility index (Phi) is 6.69. The van der Waals surface area contributed by atoms with Crippen LogP contribution in [0.5, 0.6) is 5.75 Å². The number of para-hydroxylation sites is 1. The molecule has 1 aliphatic rings. The fourth-order valence-electron chi connectivity index (χ4n) is 3.11. The van der Waals surface area contributed by atoms with E-state index < -0.39 is 5.97 Å². The average Bonchev–Trinajstić information content (AvgIpc) is 2.72. The van der Waals surface area contributed by atoms with Crippen molar-refractivity contribution in [1.82, 2.24) is 4.90 Å². The van der Waals surface area contributed by atoms with E-state index >= 15 is 0 Å². The van der Waals surface area contributed by atoms with Gasteiger partial charge in [-0.2, -0.15) is 0 Å². The molecule has 0 atom stereocenters. The van der Waals surface area contributed by atoms with E-state index in [-0.39, 0.29) is 24.4 Å². The van der Waals surface area contributed by atoms with E-state index in [2.05, 4.69) is 0 Å². The van der Waals surface area contributed by atoms with Crippen molar-refractivity contribution in [3.63, 3.8) is 0 Å². The van der Waals surface area contributed by atoms with Gasteiger partial charge in [-0.15, -0.1) is 0 Å². The third-order valence-corrected chi connectivity index (χ3v) is 4.62. The Hall–Kier alpha value is -3.09. The molecule has 0 spiro atoms. The third kappa shape index (κ3) is 5.47. The highest BCUT2D eigenvalue weighted by atomic mass is 19.1. The second-order valence-electron chi connectivity index (χ2n) is 7.09. The number of benzene rings is 2. The number of hydrogen-bond acceptors (Lipinski definition) is 5. The Labute approximate surface area is 169 Å². The minimum absolute atomic E-state index is 0.0878. The molecule has 3 rings (SSSR count). The highest BCUT2D eigenvalue weighted by Gasteiger charge is 2.23. The van der Waals surface area contributed by atoms with Gasteiger partial charge < -0.3 is 19.3 Å². The summed E-state index contributed by atoms with van der Waals surface area (Å²) in [5.41, 5.74) is 0.994. The van der Waals surface area contributed by atoms with Gasteiger partial charge in [0.15, 0.2) is 6.61 Å². The van der Waals surface area contributed by atoms with E-state index in [4.69, 9.17) is 9.47 Å². The van der Waals surface area contributed by atoms with Crippen molar-refractivity contribution in [1.29, 1.82) is 0 Å². The number of piperazine rings is 1. The van der Waals surface area contributed by atoms with Crippen LogP contribution in [0.25, 0.3) is 0 Å². The molecular weight excluding hydrogens is 375 g/mol. The van der Waals surface area contributed by atoms with Crippen LogP contribution >= 0.6 is 0 Å². The predicted octanol–water partition coefficient (Wildman–Crippen LogP) is 3.12. The number of carbonyl (C=O) groups is 2. The largest absolute Gasteiger partial charge is 0.484 e. The Balaban J connectivity index is 1.47. The summed E-state index contributed by atoms with van der Waals surface area (Å²) < 4.78 is 24.6. The molecule has 1 aliphatic heterocycles. The van der Waals surface area contributed by atoms with E-state index in [0.29, 0.717) is 43.2 Å².